The Morgan fingerprint density at radius 2 is 0.925 bits per heavy atom. The molecule has 1 aliphatic carbocycles. The van der Waals surface area contributed by atoms with Crippen molar-refractivity contribution in [3.63, 3.8) is 0 Å². The lowest BCUT2D eigenvalue weighted by Crippen LogP contribution is -2.54. The predicted octanol–water partition coefficient (Wildman–Crippen LogP) is 12.5. The minimum atomic E-state index is 0.108. The predicted molar refractivity (Wildman–Crippen MR) is 225 cm³/mol. The van der Waals surface area contributed by atoms with Crippen molar-refractivity contribution < 1.29 is 0 Å². The number of rotatable bonds is 6. The molecule has 3 nitrogen and oxygen atoms in total. The Labute approximate surface area is 312 Å². The molecule has 0 spiro atoms. The van der Waals surface area contributed by atoms with E-state index in [1.54, 1.807) is 0 Å². The monoisotopic (exact) mass is 679 g/mol. The third-order valence-electron chi connectivity index (χ3n) is 11.1. The Bertz CT molecular complexity index is 2430. The molecule has 0 bridgehead atoms. The summed E-state index contributed by atoms with van der Waals surface area (Å²) in [6.07, 6.45) is 5.80. The van der Waals surface area contributed by atoms with Crippen LogP contribution in [0, 0.1) is 5.92 Å². The summed E-state index contributed by atoms with van der Waals surface area (Å²) in [6, 6.07) is 66.0. The first-order chi connectivity index (χ1) is 26.2. The van der Waals surface area contributed by atoms with Crippen LogP contribution in [0.5, 0.6) is 0 Å². The Balaban J connectivity index is 1.19. The summed E-state index contributed by atoms with van der Waals surface area (Å²) in [5.41, 5.74) is 17.4. The SMILES string of the molecule is CC1CC=CC2=C1B1c3ccccc3-c3cc(N(c4ccccc4)c4ccccc4)ccc3N1c1ccc(N(c3ccccc3)c3ccccc3)cc12. The summed E-state index contributed by atoms with van der Waals surface area (Å²) < 4.78 is 0. The van der Waals surface area contributed by atoms with Crippen LogP contribution < -0.4 is 20.1 Å². The van der Waals surface area contributed by atoms with Gasteiger partial charge in [0, 0.05) is 56.6 Å². The summed E-state index contributed by atoms with van der Waals surface area (Å²) in [7, 11) is 0. The topological polar surface area (TPSA) is 9.72 Å². The van der Waals surface area contributed by atoms with E-state index in [-0.39, 0.29) is 6.85 Å². The molecule has 2 heterocycles. The highest BCUT2D eigenvalue weighted by atomic mass is 15.2. The Morgan fingerprint density at radius 1 is 0.472 bits per heavy atom. The van der Waals surface area contributed by atoms with Crippen LogP contribution in [0.3, 0.4) is 0 Å². The highest BCUT2D eigenvalue weighted by Crippen LogP contribution is 2.52. The zero-order valence-electron chi connectivity index (χ0n) is 29.7. The molecule has 2 aliphatic heterocycles. The van der Waals surface area contributed by atoms with E-state index in [0.29, 0.717) is 5.92 Å². The van der Waals surface area contributed by atoms with Crippen LogP contribution in [0.1, 0.15) is 18.9 Å². The second-order valence-electron chi connectivity index (χ2n) is 14.2. The van der Waals surface area contributed by atoms with Gasteiger partial charge in [0.25, 0.3) is 0 Å². The molecule has 0 saturated heterocycles. The van der Waals surface area contributed by atoms with Gasteiger partial charge in [-0.1, -0.05) is 122 Å². The number of nitrogens with zero attached hydrogens (tertiary/aromatic N) is 3. The molecule has 7 aromatic rings. The maximum atomic E-state index is 2.64. The van der Waals surface area contributed by atoms with Crippen molar-refractivity contribution in [3.8, 4) is 11.1 Å². The third-order valence-corrected chi connectivity index (χ3v) is 11.1. The first kappa shape index (κ1) is 31.2. The third kappa shape index (κ3) is 5.21. The maximum Gasteiger partial charge on any atom is 0.325 e. The highest BCUT2D eigenvalue weighted by molar-refractivity contribution is 6.87. The van der Waals surface area contributed by atoms with Gasteiger partial charge in [-0.3, -0.25) is 0 Å². The molecule has 7 aromatic carbocycles. The molecule has 3 aliphatic rings. The van der Waals surface area contributed by atoms with Crippen LogP contribution in [0.2, 0.25) is 0 Å². The van der Waals surface area contributed by atoms with Crippen LogP contribution in [0.25, 0.3) is 16.7 Å². The number of hydrogen-bond acceptors (Lipinski definition) is 3. The molecule has 0 amide bonds. The number of anilines is 8. The molecule has 0 N–H and O–H groups in total. The van der Waals surface area contributed by atoms with Gasteiger partial charge in [0.15, 0.2) is 0 Å². The van der Waals surface area contributed by atoms with Crippen molar-refractivity contribution in [2.45, 2.75) is 13.3 Å². The second kappa shape index (κ2) is 12.9. The first-order valence-corrected chi connectivity index (χ1v) is 18.6. The molecular weight excluding hydrogens is 641 g/mol. The molecule has 53 heavy (non-hydrogen) atoms. The van der Waals surface area contributed by atoms with Gasteiger partial charge in [-0.25, -0.2) is 0 Å². The summed E-state index contributed by atoms with van der Waals surface area (Å²) in [5, 5.41) is 0. The molecule has 4 heteroatoms. The number of para-hydroxylation sites is 4. The van der Waals surface area contributed by atoms with Gasteiger partial charge in [-0.05, 0) is 114 Å². The second-order valence-corrected chi connectivity index (χ2v) is 14.2. The number of hydrogen-bond donors (Lipinski definition) is 0. The van der Waals surface area contributed by atoms with E-state index in [9.17, 15) is 0 Å². The Kier molecular flexibility index (Phi) is 7.61. The summed E-state index contributed by atoms with van der Waals surface area (Å²) in [5.74, 6) is 0.402. The van der Waals surface area contributed by atoms with Crippen molar-refractivity contribution in [2.75, 3.05) is 14.6 Å². The Hall–Kier alpha value is -6.52. The standard InChI is InChI=1S/C49H38BN3/c1-35-17-16-27-43-45-34-41(52(38-22-10-4-11-23-38)39-24-12-5-13-25-39)30-32-48(45)53-47-31-29-40(33-44(47)42-26-14-15-28-46(42)50(53)49(35)43)51(36-18-6-2-7-19-36)37-20-8-3-9-21-37/h2-16,18-35H,17H2,1H3. The molecule has 0 fully saturated rings. The number of allylic oxidation sites excluding steroid dienone is 4. The van der Waals surface area contributed by atoms with E-state index in [1.807, 2.05) is 0 Å². The maximum absolute atomic E-state index is 2.64. The summed E-state index contributed by atoms with van der Waals surface area (Å²) >= 11 is 0. The van der Waals surface area contributed by atoms with Gasteiger partial charge in [-0.2, -0.15) is 0 Å². The lowest BCUT2D eigenvalue weighted by Gasteiger charge is -2.46. The van der Waals surface area contributed by atoms with Crippen molar-refractivity contribution in [3.05, 3.63) is 205 Å². The highest BCUT2D eigenvalue weighted by Gasteiger charge is 2.45. The number of benzene rings is 7. The van der Waals surface area contributed by atoms with Crippen LogP contribution in [0.15, 0.2) is 200 Å². The van der Waals surface area contributed by atoms with Gasteiger partial charge in [0.2, 0.25) is 0 Å². The molecule has 0 radical (unpaired) electrons. The number of fused-ring (bicyclic) bond motifs is 10. The van der Waals surface area contributed by atoms with Crippen molar-refractivity contribution in [1.82, 2.24) is 0 Å². The fourth-order valence-electron chi connectivity index (χ4n) is 8.76. The first-order valence-electron chi connectivity index (χ1n) is 18.6. The molecule has 0 saturated carbocycles. The smallest absolute Gasteiger partial charge is 0.325 e. The zero-order valence-corrected chi connectivity index (χ0v) is 29.7. The fraction of sp³-hybridized carbons (Fsp3) is 0.0612. The largest absolute Gasteiger partial charge is 0.376 e. The molecule has 10 rings (SSSR count). The summed E-state index contributed by atoms with van der Waals surface area (Å²) in [4.78, 5) is 7.37. The fourth-order valence-corrected chi connectivity index (χ4v) is 8.76. The van der Waals surface area contributed by atoms with E-state index < -0.39 is 0 Å². The summed E-state index contributed by atoms with van der Waals surface area (Å²) in [6.45, 7) is 2.52. The quantitative estimate of drug-likeness (QED) is 0.162. The minimum absolute atomic E-state index is 0.108. The normalized spacial score (nSPS) is 15.2. The average Bonchev–Trinajstić information content (AvgIpc) is 3.22. The molecule has 0 aromatic heterocycles. The van der Waals surface area contributed by atoms with Gasteiger partial charge >= 0.3 is 6.85 Å². The van der Waals surface area contributed by atoms with E-state index in [4.69, 9.17) is 0 Å². The Morgan fingerprint density at radius 3 is 1.45 bits per heavy atom. The molecule has 1 unspecified atom stereocenters. The van der Waals surface area contributed by atoms with Gasteiger partial charge in [0.1, 0.15) is 0 Å². The lowest BCUT2D eigenvalue weighted by atomic mass is 9.40. The molecule has 252 valence electrons. The van der Waals surface area contributed by atoms with Crippen molar-refractivity contribution >= 4 is 63.4 Å². The molecular formula is C49H38BN3. The van der Waals surface area contributed by atoms with Gasteiger partial charge < -0.3 is 14.6 Å². The minimum Gasteiger partial charge on any atom is -0.376 e. The van der Waals surface area contributed by atoms with E-state index >= 15 is 0 Å². The van der Waals surface area contributed by atoms with Gasteiger partial charge in [0.05, 0.1) is 0 Å². The van der Waals surface area contributed by atoms with E-state index in [1.165, 1.54) is 44.6 Å². The molecule has 1 atom stereocenters. The van der Waals surface area contributed by atoms with Crippen LogP contribution in [-0.4, -0.2) is 6.85 Å². The van der Waals surface area contributed by atoms with Crippen molar-refractivity contribution in [2.24, 2.45) is 5.92 Å². The van der Waals surface area contributed by atoms with Crippen LogP contribution in [-0.2, 0) is 0 Å². The zero-order chi connectivity index (χ0) is 35.3. The van der Waals surface area contributed by atoms with Crippen LogP contribution in [0.4, 0.5) is 45.5 Å². The van der Waals surface area contributed by atoms with Gasteiger partial charge in [-0.15, -0.1) is 0 Å². The van der Waals surface area contributed by atoms with E-state index in [2.05, 4.69) is 216 Å². The van der Waals surface area contributed by atoms with E-state index in [0.717, 1.165) is 40.5 Å². The van der Waals surface area contributed by atoms with Crippen molar-refractivity contribution in [1.29, 1.82) is 0 Å². The van der Waals surface area contributed by atoms with Crippen LogP contribution >= 0.6 is 0 Å². The average molecular weight is 680 g/mol. The lowest BCUT2D eigenvalue weighted by molar-refractivity contribution is 0.718.